The van der Waals surface area contributed by atoms with Gasteiger partial charge < -0.3 is 24.7 Å². The lowest BCUT2D eigenvalue weighted by Crippen LogP contribution is -2.19. The highest BCUT2D eigenvalue weighted by Gasteiger charge is 2.17. The number of nitrogens with one attached hydrogen (secondary N) is 1. The molecule has 35 heavy (non-hydrogen) atoms. The fraction of sp³-hybridized carbons (Fsp3) is 0.0500. The molecule has 2 amide bonds. The summed E-state index contributed by atoms with van der Waals surface area (Å²) in [6.45, 7) is 1.78. The van der Waals surface area contributed by atoms with Gasteiger partial charge in [0.1, 0.15) is 27.1 Å². The highest BCUT2D eigenvalue weighted by Crippen LogP contribution is 2.43. The molecular weight excluding hydrogens is 500 g/mol. The van der Waals surface area contributed by atoms with Crippen molar-refractivity contribution in [3.63, 3.8) is 0 Å². The zero-order valence-electron chi connectivity index (χ0n) is 18.0. The normalized spacial score (nSPS) is 12.8. The Bertz CT molecular complexity index is 1420. The van der Waals surface area contributed by atoms with Crippen LogP contribution in [0, 0.1) is 6.92 Å². The van der Waals surface area contributed by atoms with E-state index in [0.717, 1.165) is 11.6 Å². The van der Waals surface area contributed by atoms with E-state index in [1.807, 2.05) is 0 Å². The van der Waals surface area contributed by atoms with Crippen molar-refractivity contribution in [3.8, 4) is 0 Å². The Labute approximate surface area is 201 Å². The highest BCUT2D eigenvalue weighted by molar-refractivity contribution is 8.19. The van der Waals surface area contributed by atoms with Crippen LogP contribution in [0.4, 0.5) is 33.2 Å². The number of aryl methyl sites for hydroxylation is 1. The second-order valence-electron chi connectivity index (χ2n) is 7.05. The molecule has 0 saturated carbocycles. The van der Waals surface area contributed by atoms with E-state index in [-0.39, 0.29) is 33.3 Å². The standard InChI is InChI=1S/C20H20N6O7S2/c1-12-2-8-16(18(10-12)22-20(21)27)25-26-17-9-5-14(11-19(17)35(31,32)33)24-23-13-3-6-15(7-4-13)34(28,29)30/h2-11,28-30H,1H3,(H3,21,22,27)(H,31,32,33). The maximum atomic E-state index is 11.9. The predicted octanol–water partition coefficient (Wildman–Crippen LogP) is 6.15. The second-order valence-corrected chi connectivity index (χ2v) is 9.95. The Hall–Kier alpha value is -3.73. The first-order valence-electron chi connectivity index (χ1n) is 9.56. The van der Waals surface area contributed by atoms with Crippen LogP contribution in [-0.4, -0.2) is 32.7 Å². The lowest BCUT2D eigenvalue weighted by atomic mass is 10.2. The number of azo groups is 2. The molecule has 13 nitrogen and oxygen atoms in total. The van der Waals surface area contributed by atoms with E-state index in [0.29, 0.717) is 0 Å². The smallest absolute Gasteiger partial charge is 0.316 e. The van der Waals surface area contributed by atoms with Gasteiger partial charge in [-0.15, -0.1) is 10.2 Å². The molecule has 0 bridgehead atoms. The molecule has 0 heterocycles. The van der Waals surface area contributed by atoms with Crippen LogP contribution in [0.15, 0.2) is 90.9 Å². The van der Waals surface area contributed by atoms with Gasteiger partial charge in [0.2, 0.25) is 0 Å². The maximum absolute atomic E-state index is 11.9. The van der Waals surface area contributed by atoms with Gasteiger partial charge in [0.05, 0.1) is 22.0 Å². The van der Waals surface area contributed by atoms with Crippen molar-refractivity contribution in [2.24, 2.45) is 26.2 Å². The predicted molar refractivity (Wildman–Crippen MR) is 129 cm³/mol. The molecule has 0 fully saturated rings. The first-order chi connectivity index (χ1) is 16.3. The third-order valence-corrected chi connectivity index (χ3v) is 6.12. The number of carbonyl (C=O) groups is 1. The Morgan fingerprint density at radius 3 is 1.97 bits per heavy atom. The van der Waals surface area contributed by atoms with Gasteiger partial charge in [-0.05, 0) is 67.1 Å². The van der Waals surface area contributed by atoms with Crippen molar-refractivity contribution in [2.75, 3.05) is 5.32 Å². The van der Waals surface area contributed by atoms with Gasteiger partial charge in [-0.2, -0.15) is 18.6 Å². The number of amides is 2. The molecule has 3 aromatic carbocycles. The minimum atomic E-state index is -4.73. The Morgan fingerprint density at radius 2 is 1.37 bits per heavy atom. The zero-order chi connectivity index (χ0) is 25.8. The third-order valence-electron chi connectivity index (χ3n) is 4.33. The summed E-state index contributed by atoms with van der Waals surface area (Å²) >= 11 is 0. The van der Waals surface area contributed by atoms with Crippen molar-refractivity contribution >= 4 is 55.5 Å². The van der Waals surface area contributed by atoms with Gasteiger partial charge in [-0.3, -0.25) is 4.55 Å². The largest absolute Gasteiger partial charge is 0.351 e. The maximum Gasteiger partial charge on any atom is 0.316 e. The average molecular weight is 521 g/mol. The average Bonchev–Trinajstić information content (AvgIpc) is 2.76. The summed E-state index contributed by atoms with van der Waals surface area (Å²) in [6.07, 6.45) is 0. The first kappa shape index (κ1) is 25.9. The van der Waals surface area contributed by atoms with E-state index in [2.05, 4.69) is 25.8 Å². The van der Waals surface area contributed by atoms with Gasteiger partial charge in [0, 0.05) is 0 Å². The molecular formula is C20H20N6O7S2. The number of hydrogen-bond acceptors (Lipinski definition) is 10. The minimum Gasteiger partial charge on any atom is -0.351 e. The van der Waals surface area contributed by atoms with Crippen LogP contribution in [0.25, 0.3) is 0 Å². The second kappa shape index (κ2) is 10.3. The molecule has 184 valence electrons. The number of primary amides is 1. The van der Waals surface area contributed by atoms with Crippen LogP contribution in [-0.2, 0) is 10.1 Å². The fourth-order valence-electron chi connectivity index (χ4n) is 2.74. The van der Waals surface area contributed by atoms with Crippen LogP contribution in [0.2, 0.25) is 0 Å². The van der Waals surface area contributed by atoms with Crippen molar-refractivity contribution in [1.82, 2.24) is 0 Å². The number of nitrogens with zero attached hydrogens (tertiary/aromatic N) is 4. The summed E-state index contributed by atoms with van der Waals surface area (Å²) < 4.78 is 61.2. The lowest BCUT2D eigenvalue weighted by molar-refractivity contribution is 0.259. The summed E-state index contributed by atoms with van der Waals surface area (Å²) in [5.74, 6) is 0. The van der Waals surface area contributed by atoms with Gasteiger partial charge >= 0.3 is 6.03 Å². The summed E-state index contributed by atoms with van der Waals surface area (Å²) in [4.78, 5) is 10.5. The molecule has 0 atom stereocenters. The molecule has 3 rings (SSSR count). The molecule has 0 spiro atoms. The van der Waals surface area contributed by atoms with Gasteiger partial charge in [-0.25, -0.2) is 4.79 Å². The number of urea groups is 1. The Kier molecular flexibility index (Phi) is 7.59. The summed E-state index contributed by atoms with van der Waals surface area (Å²) in [6, 6.07) is 12.9. The topological polar surface area (TPSA) is 220 Å². The molecule has 3 aromatic rings. The van der Waals surface area contributed by atoms with Crippen molar-refractivity contribution in [3.05, 3.63) is 66.2 Å². The number of anilines is 1. The van der Waals surface area contributed by atoms with Crippen LogP contribution >= 0.6 is 10.9 Å². The van der Waals surface area contributed by atoms with Gasteiger partial charge in [-0.1, -0.05) is 6.07 Å². The molecule has 7 N–H and O–H groups in total. The molecule has 0 unspecified atom stereocenters. The van der Waals surface area contributed by atoms with Crippen molar-refractivity contribution in [1.29, 1.82) is 0 Å². The number of rotatable bonds is 7. The molecule has 0 aromatic heterocycles. The van der Waals surface area contributed by atoms with E-state index in [1.165, 1.54) is 36.4 Å². The van der Waals surface area contributed by atoms with E-state index in [4.69, 9.17) is 5.73 Å². The molecule has 0 radical (unpaired) electrons. The molecule has 15 heteroatoms. The number of benzene rings is 3. The van der Waals surface area contributed by atoms with Crippen LogP contribution in [0.5, 0.6) is 0 Å². The highest BCUT2D eigenvalue weighted by atomic mass is 32.3. The molecule has 0 saturated heterocycles. The fourth-order valence-corrected chi connectivity index (χ4v) is 3.89. The van der Waals surface area contributed by atoms with Crippen LogP contribution < -0.4 is 11.1 Å². The minimum absolute atomic E-state index is 0.0542. The van der Waals surface area contributed by atoms with Gasteiger partial charge in [0.15, 0.2) is 0 Å². The zero-order valence-corrected chi connectivity index (χ0v) is 19.6. The SMILES string of the molecule is Cc1ccc(N=Nc2ccc(N=Nc3ccc(S(O)(O)O)cc3)cc2S(=O)(=O)O)c(NC(N)=O)c1. The van der Waals surface area contributed by atoms with Crippen molar-refractivity contribution < 1.29 is 31.4 Å². The molecule has 0 aliphatic carbocycles. The lowest BCUT2D eigenvalue weighted by Gasteiger charge is -2.18. The molecule has 0 aliphatic rings. The third kappa shape index (κ3) is 7.12. The van der Waals surface area contributed by atoms with E-state index < -0.39 is 31.9 Å². The van der Waals surface area contributed by atoms with Crippen LogP contribution in [0.1, 0.15) is 5.56 Å². The van der Waals surface area contributed by atoms with E-state index >= 15 is 0 Å². The first-order valence-corrected chi connectivity index (χ1v) is 12.5. The summed E-state index contributed by atoms with van der Waals surface area (Å²) in [5, 5.41) is 18.0. The number of hydrogen-bond donors (Lipinski definition) is 6. The van der Waals surface area contributed by atoms with Crippen molar-refractivity contribution in [2.45, 2.75) is 16.7 Å². The van der Waals surface area contributed by atoms with E-state index in [1.54, 1.807) is 25.1 Å². The quantitative estimate of drug-likeness (QED) is 0.157. The number of carbonyl (C=O) groups excluding carboxylic acids is 1. The van der Waals surface area contributed by atoms with Gasteiger partial charge in [0.25, 0.3) is 10.1 Å². The Balaban J connectivity index is 1.92. The summed E-state index contributed by atoms with van der Waals surface area (Å²) in [7, 11) is -8.59. The monoisotopic (exact) mass is 520 g/mol. The number of nitrogens with two attached hydrogens (primary N) is 1. The van der Waals surface area contributed by atoms with E-state index in [9.17, 15) is 31.4 Å². The Morgan fingerprint density at radius 1 is 0.800 bits per heavy atom. The summed E-state index contributed by atoms with van der Waals surface area (Å²) in [5.41, 5.74) is 6.54. The van der Waals surface area contributed by atoms with Crippen LogP contribution in [0.3, 0.4) is 0 Å². The molecule has 0 aliphatic heterocycles.